The maximum atomic E-state index is 11.5. The molecule has 0 saturated heterocycles. The summed E-state index contributed by atoms with van der Waals surface area (Å²) in [5, 5.41) is 6.26. The highest BCUT2D eigenvalue weighted by atomic mass is 16.1. The summed E-state index contributed by atoms with van der Waals surface area (Å²) in [7, 11) is 0. The topological polar surface area (TPSA) is 55.6 Å². The Labute approximate surface area is 112 Å². The number of rotatable bonds is 4. The Bertz CT molecular complexity index is 562. The van der Waals surface area contributed by atoms with Crippen LogP contribution in [-0.2, 0) is 4.79 Å². The van der Waals surface area contributed by atoms with Crippen LogP contribution in [0.3, 0.4) is 0 Å². The molecular weight excluding hydrogens is 238 g/mol. The van der Waals surface area contributed by atoms with Crippen LogP contribution in [0.5, 0.6) is 0 Å². The molecule has 0 bridgehead atoms. The molecule has 0 aliphatic carbocycles. The Morgan fingerprint density at radius 2 is 1.79 bits per heavy atom. The van der Waals surface area contributed by atoms with Crippen LogP contribution in [0.4, 0.5) is 11.4 Å². The number of carbonyl (C=O) groups is 1. The van der Waals surface area contributed by atoms with Crippen molar-refractivity contribution in [2.45, 2.75) is 6.92 Å². The van der Waals surface area contributed by atoms with Gasteiger partial charge in [0.15, 0.2) is 0 Å². The van der Waals surface area contributed by atoms with E-state index in [1.165, 1.54) is 0 Å². The third kappa shape index (κ3) is 4.22. The number of hydrogen-bond donors (Lipinski definition) is 1. The quantitative estimate of drug-likeness (QED) is 0.504. The van der Waals surface area contributed by atoms with Crippen molar-refractivity contribution >= 4 is 23.5 Å². The third-order valence-electron chi connectivity index (χ3n) is 2.38. The van der Waals surface area contributed by atoms with Gasteiger partial charge in [-0.15, -0.1) is 10.8 Å². The minimum Gasteiger partial charge on any atom is -0.525 e. The number of benzene rings is 2. The fourth-order valence-electron chi connectivity index (χ4n) is 1.42. The van der Waals surface area contributed by atoms with E-state index >= 15 is 0 Å². The van der Waals surface area contributed by atoms with E-state index in [0.717, 1.165) is 5.56 Å². The number of nitrogens with one attached hydrogen (secondary N) is 1. The molecule has 0 heterocycles. The molecule has 4 heteroatoms. The van der Waals surface area contributed by atoms with Gasteiger partial charge in [-0.3, -0.25) is 5.32 Å². The van der Waals surface area contributed by atoms with Crippen molar-refractivity contribution in [1.82, 2.24) is 0 Å². The van der Waals surface area contributed by atoms with Gasteiger partial charge in [-0.1, -0.05) is 48.0 Å². The summed E-state index contributed by atoms with van der Waals surface area (Å²) in [6.07, 6.45) is 2.30. The van der Waals surface area contributed by atoms with Crippen LogP contribution in [0.1, 0.15) is 5.56 Å². The minimum atomic E-state index is -0.429. The first-order valence-electron chi connectivity index (χ1n) is 5.83. The lowest BCUT2D eigenvalue weighted by Gasteiger charge is -2.08. The second-order valence-electron chi connectivity index (χ2n) is 3.97. The van der Waals surface area contributed by atoms with E-state index in [2.05, 4.69) is 22.1 Å². The first-order chi connectivity index (χ1) is 9.24. The van der Waals surface area contributed by atoms with Crippen molar-refractivity contribution < 1.29 is 4.79 Å². The summed E-state index contributed by atoms with van der Waals surface area (Å²) in [5.41, 5.74) is 6.41. The molecule has 0 atom stereocenters. The Kier molecular flexibility index (Phi) is 4.21. The van der Waals surface area contributed by atoms with Gasteiger partial charge in [0.2, 0.25) is 0 Å². The Hall–Kier alpha value is -2.71. The minimum absolute atomic E-state index is 0.429. The van der Waals surface area contributed by atoms with E-state index in [-0.39, 0.29) is 0 Å². The molecule has 0 aliphatic heterocycles. The Morgan fingerprint density at radius 3 is 2.47 bits per heavy atom. The summed E-state index contributed by atoms with van der Waals surface area (Å²) < 4.78 is 0. The Balaban J connectivity index is 1.85. The molecule has 0 unspecified atom stereocenters. The molecule has 19 heavy (non-hydrogen) atoms. The highest BCUT2D eigenvalue weighted by Gasteiger charge is 2.11. The van der Waals surface area contributed by atoms with E-state index in [9.17, 15) is 4.79 Å². The van der Waals surface area contributed by atoms with Crippen LogP contribution in [0.25, 0.3) is 5.43 Å². The van der Waals surface area contributed by atoms with Gasteiger partial charge in [0.1, 0.15) is 0 Å². The third-order valence-corrected chi connectivity index (χ3v) is 2.38. The zero-order chi connectivity index (χ0) is 13.5. The molecule has 0 saturated carbocycles. The van der Waals surface area contributed by atoms with Gasteiger partial charge in [0, 0.05) is 5.69 Å². The predicted molar refractivity (Wildman–Crippen MR) is 76.7 cm³/mol. The summed E-state index contributed by atoms with van der Waals surface area (Å²) in [6.45, 7) is 1.99. The number of amides is 1. The predicted octanol–water partition coefficient (Wildman–Crippen LogP) is 3.50. The van der Waals surface area contributed by atoms with Gasteiger partial charge in [-0.25, -0.2) is 4.79 Å². The van der Waals surface area contributed by atoms with Gasteiger partial charge >= 0.3 is 12.1 Å². The molecule has 1 amide bonds. The molecule has 2 aromatic rings. The second kappa shape index (κ2) is 6.28. The number of carbonyl (C=O) groups excluding carboxylic acids is 1. The van der Waals surface area contributed by atoms with Gasteiger partial charge in [-0.05, 0) is 19.1 Å². The number of nitrogens with zero attached hydrogens (tertiary/aromatic N) is 2. The van der Waals surface area contributed by atoms with Crippen molar-refractivity contribution in [3.63, 3.8) is 0 Å². The molecular formula is C15H13N3O. The van der Waals surface area contributed by atoms with Crippen molar-refractivity contribution in [3.8, 4) is 0 Å². The second-order valence-corrected chi connectivity index (χ2v) is 3.97. The summed E-state index contributed by atoms with van der Waals surface area (Å²) >= 11 is 0. The van der Waals surface area contributed by atoms with Gasteiger partial charge in [0.05, 0.1) is 0 Å². The Morgan fingerprint density at radius 1 is 1.11 bits per heavy atom. The van der Waals surface area contributed by atoms with Crippen molar-refractivity contribution in [1.29, 1.82) is 0 Å². The monoisotopic (exact) mass is 251 g/mol. The van der Waals surface area contributed by atoms with E-state index in [1.807, 2.05) is 49.4 Å². The molecule has 0 aliphatic rings. The van der Waals surface area contributed by atoms with Gasteiger partial charge < -0.3 is 5.43 Å². The molecule has 0 radical (unpaired) electrons. The summed E-state index contributed by atoms with van der Waals surface area (Å²) in [5.74, 6) is -0.429. The van der Waals surface area contributed by atoms with Crippen LogP contribution < -0.4 is 5.32 Å². The van der Waals surface area contributed by atoms with Crippen molar-refractivity contribution in [3.05, 3.63) is 65.6 Å². The van der Waals surface area contributed by atoms with Crippen LogP contribution in [0.15, 0.2) is 59.7 Å². The smallest absolute Gasteiger partial charge is 0.521 e. The number of aryl methyl sites for hydroxylation is 1. The van der Waals surface area contributed by atoms with E-state index in [4.69, 9.17) is 0 Å². The number of para-hydroxylation sites is 1. The average Bonchev–Trinajstić information content (AvgIpc) is 2.42. The molecule has 0 spiro atoms. The zero-order valence-corrected chi connectivity index (χ0v) is 10.5. The zero-order valence-electron chi connectivity index (χ0n) is 10.5. The normalized spacial score (nSPS) is 9.95. The van der Waals surface area contributed by atoms with Crippen LogP contribution >= 0.6 is 0 Å². The first-order valence-corrected chi connectivity index (χ1v) is 5.83. The lowest BCUT2D eigenvalue weighted by Crippen LogP contribution is -2.12. The maximum absolute atomic E-state index is 11.5. The maximum Gasteiger partial charge on any atom is 0.521 e. The van der Waals surface area contributed by atoms with E-state index in [0.29, 0.717) is 11.4 Å². The molecule has 2 rings (SSSR count). The van der Waals surface area contributed by atoms with E-state index in [1.54, 1.807) is 12.1 Å². The summed E-state index contributed by atoms with van der Waals surface area (Å²) in [6, 6.07) is 16.6. The number of hydrogen-bond acceptors (Lipinski definition) is 2. The highest BCUT2D eigenvalue weighted by Crippen LogP contribution is 2.17. The van der Waals surface area contributed by atoms with Crippen molar-refractivity contribution in [2.24, 2.45) is 5.10 Å². The van der Waals surface area contributed by atoms with Crippen LogP contribution in [0, 0.1) is 6.92 Å². The van der Waals surface area contributed by atoms with Crippen molar-refractivity contribution in [2.75, 3.05) is 5.32 Å². The van der Waals surface area contributed by atoms with Gasteiger partial charge in [-0.2, -0.15) is 0 Å². The fourth-order valence-corrected chi connectivity index (χ4v) is 1.42. The molecule has 4 nitrogen and oxygen atoms in total. The fraction of sp³-hybridized carbons (Fsp3) is 0.0667. The molecule has 1 N–H and O–H groups in total. The SMILES string of the molecule is Cc1ccc([N-]N=[C+]C(=O)Nc2ccccc2)cc1. The standard InChI is InChI=1S/C15H13N3O/c1-12-7-9-14(10-8-12)18-16-11-15(19)17-13-5-3-2-4-6-13/h2-10H,1H3,(H-,17,18,19). The first kappa shape index (κ1) is 12.7. The molecule has 0 fully saturated rings. The molecule has 94 valence electrons. The lowest BCUT2D eigenvalue weighted by atomic mass is 10.2. The largest absolute Gasteiger partial charge is 0.525 e. The van der Waals surface area contributed by atoms with Crippen LogP contribution in [0.2, 0.25) is 0 Å². The molecule has 0 aromatic heterocycles. The van der Waals surface area contributed by atoms with E-state index < -0.39 is 5.91 Å². The molecule has 2 aromatic carbocycles. The highest BCUT2D eigenvalue weighted by molar-refractivity contribution is 6.31. The van der Waals surface area contributed by atoms with Crippen LogP contribution in [-0.4, -0.2) is 12.1 Å². The lowest BCUT2D eigenvalue weighted by molar-refractivity contribution is -0.109. The average molecular weight is 251 g/mol. The van der Waals surface area contributed by atoms with Gasteiger partial charge in [0.25, 0.3) is 0 Å². The summed E-state index contributed by atoms with van der Waals surface area (Å²) in [4.78, 5) is 11.5. The number of anilines is 1.